The minimum Gasteiger partial charge on any atom is -0.496 e. The Morgan fingerprint density at radius 3 is 2.72 bits per heavy atom. The fraction of sp³-hybridized carbons (Fsp3) is 0.143. The molecule has 90 valence electrons. The molecule has 0 bridgehead atoms. The largest absolute Gasteiger partial charge is 0.496 e. The highest BCUT2D eigenvalue weighted by Gasteiger charge is 2.16. The van der Waals surface area contributed by atoms with Crippen LogP contribution in [0.5, 0.6) is 5.75 Å². The molecule has 18 heavy (non-hydrogen) atoms. The average Bonchev–Trinajstić information content (AvgIpc) is 2.38. The summed E-state index contributed by atoms with van der Waals surface area (Å²) in [5.41, 5.74) is 1.58. The third-order valence-electron chi connectivity index (χ3n) is 2.59. The molecule has 1 heterocycles. The molecule has 0 radical (unpaired) electrons. The van der Waals surface area contributed by atoms with Crippen LogP contribution in [0.1, 0.15) is 11.3 Å². The van der Waals surface area contributed by atoms with Crippen LogP contribution in [0.4, 0.5) is 4.39 Å². The van der Waals surface area contributed by atoms with Gasteiger partial charge in [0.15, 0.2) is 0 Å². The highest BCUT2D eigenvalue weighted by Crippen LogP contribution is 2.33. The van der Waals surface area contributed by atoms with Gasteiger partial charge in [-0.25, -0.2) is 4.39 Å². The number of hydrogen-bond donors (Lipinski definition) is 0. The Bertz CT molecular complexity index is 632. The van der Waals surface area contributed by atoms with Gasteiger partial charge < -0.3 is 4.74 Å². The molecule has 2 aromatic rings. The maximum atomic E-state index is 13.9. The van der Waals surface area contributed by atoms with E-state index in [4.69, 9.17) is 10.00 Å². The van der Waals surface area contributed by atoms with Gasteiger partial charge in [0, 0.05) is 5.69 Å². The Balaban J connectivity index is 2.77. The molecule has 1 aromatic carbocycles. The molecule has 0 fully saturated rings. The van der Waals surface area contributed by atoms with E-state index in [9.17, 15) is 4.39 Å². The zero-order valence-electron chi connectivity index (χ0n) is 10.1. The lowest BCUT2D eigenvalue weighted by atomic mass is 10.0. The maximum Gasteiger partial charge on any atom is 0.136 e. The predicted octanol–water partition coefficient (Wildman–Crippen LogP) is 3.08. The third-order valence-corrected chi connectivity index (χ3v) is 2.59. The summed E-state index contributed by atoms with van der Waals surface area (Å²) in [7, 11) is 1.46. The number of methoxy groups -OCH3 is 1. The van der Waals surface area contributed by atoms with Crippen molar-refractivity contribution in [2.45, 2.75) is 6.92 Å². The second-order valence-corrected chi connectivity index (χ2v) is 3.78. The van der Waals surface area contributed by atoms with Crippen LogP contribution >= 0.6 is 0 Å². The van der Waals surface area contributed by atoms with Crippen molar-refractivity contribution in [1.29, 1.82) is 5.26 Å². The van der Waals surface area contributed by atoms with Gasteiger partial charge >= 0.3 is 0 Å². The smallest absolute Gasteiger partial charge is 0.136 e. The maximum absolute atomic E-state index is 13.9. The van der Waals surface area contributed by atoms with Gasteiger partial charge in [-0.3, -0.25) is 4.98 Å². The number of aromatic nitrogens is 1. The van der Waals surface area contributed by atoms with Crippen molar-refractivity contribution in [2.24, 2.45) is 0 Å². The highest BCUT2D eigenvalue weighted by atomic mass is 19.1. The molecule has 0 unspecified atom stereocenters. The molecule has 0 saturated heterocycles. The van der Waals surface area contributed by atoms with Crippen molar-refractivity contribution < 1.29 is 9.13 Å². The first kappa shape index (κ1) is 12.1. The SMILES string of the molecule is COc1cccc(F)c1-c1nc(C)ccc1C#N. The van der Waals surface area contributed by atoms with Crippen LogP contribution in [0.25, 0.3) is 11.3 Å². The van der Waals surface area contributed by atoms with E-state index in [0.717, 1.165) is 0 Å². The minimum absolute atomic E-state index is 0.222. The van der Waals surface area contributed by atoms with Gasteiger partial charge in [0.25, 0.3) is 0 Å². The number of halogens is 1. The van der Waals surface area contributed by atoms with E-state index >= 15 is 0 Å². The number of hydrogen-bond acceptors (Lipinski definition) is 3. The molecule has 0 aliphatic carbocycles. The molecule has 0 amide bonds. The van der Waals surface area contributed by atoms with Crippen LogP contribution in [-0.2, 0) is 0 Å². The molecule has 1 aromatic heterocycles. The Morgan fingerprint density at radius 1 is 1.28 bits per heavy atom. The number of ether oxygens (including phenoxy) is 1. The van der Waals surface area contributed by atoms with Crippen LogP contribution < -0.4 is 4.74 Å². The molecule has 0 N–H and O–H groups in total. The zero-order valence-corrected chi connectivity index (χ0v) is 10.1. The summed E-state index contributed by atoms with van der Waals surface area (Å²) in [5, 5.41) is 9.07. The van der Waals surface area contributed by atoms with E-state index in [1.54, 1.807) is 31.2 Å². The lowest BCUT2D eigenvalue weighted by Crippen LogP contribution is -1.97. The monoisotopic (exact) mass is 242 g/mol. The lowest BCUT2D eigenvalue weighted by Gasteiger charge is -2.10. The van der Waals surface area contributed by atoms with E-state index in [1.165, 1.54) is 13.2 Å². The van der Waals surface area contributed by atoms with E-state index in [-0.39, 0.29) is 5.56 Å². The van der Waals surface area contributed by atoms with Crippen molar-refractivity contribution in [2.75, 3.05) is 7.11 Å². The lowest BCUT2D eigenvalue weighted by molar-refractivity contribution is 0.413. The van der Waals surface area contributed by atoms with Gasteiger partial charge in [-0.2, -0.15) is 5.26 Å². The van der Waals surface area contributed by atoms with Crippen molar-refractivity contribution in [3.8, 4) is 23.1 Å². The first-order valence-electron chi connectivity index (χ1n) is 5.38. The number of nitriles is 1. The average molecular weight is 242 g/mol. The molecule has 3 nitrogen and oxygen atoms in total. The Labute approximate surface area is 104 Å². The third kappa shape index (κ3) is 2.03. The molecular formula is C14H11FN2O. The van der Waals surface area contributed by atoms with Crippen LogP contribution in [0.15, 0.2) is 30.3 Å². The van der Waals surface area contributed by atoms with Crippen LogP contribution in [0, 0.1) is 24.1 Å². The van der Waals surface area contributed by atoms with Gasteiger partial charge in [0.1, 0.15) is 17.6 Å². The fourth-order valence-electron chi connectivity index (χ4n) is 1.74. The number of pyridine rings is 1. The van der Waals surface area contributed by atoms with Crippen LogP contribution in [0.3, 0.4) is 0 Å². The zero-order chi connectivity index (χ0) is 13.1. The molecule has 0 spiro atoms. The Hall–Kier alpha value is -2.41. The summed E-state index contributed by atoms with van der Waals surface area (Å²) in [6, 6.07) is 9.88. The fourth-order valence-corrected chi connectivity index (χ4v) is 1.74. The van der Waals surface area contributed by atoms with Gasteiger partial charge in [0.2, 0.25) is 0 Å². The molecule has 0 saturated carbocycles. The second-order valence-electron chi connectivity index (χ2n) is 3.78. The summed E-state index contributed by atoms with van der Waals surface area (Å²) in [6.07, 6.45) is 0. The molecule has 2 rings (SSSR count). The summed E-state index contributed by atoms with van der Waals surface area (Å²) in [6.45, 7) is 1.79. The van der Waals surface area contributed by atoms with Crippen molar-refractivity contribution in [3.05, 3.63) is 47.4 Å². The molecule has 4 heteroatoms. The highest BCUT2D eigenvalue weighted by molar-refractivity contribution is 5.73. The van der Waals surface area contributed by atoms with E-state index in [0.29, 0.717) is 22.7 Å². The van der Waals surface area contributed by atoms with Gasteiger partial charge in [0.05, 0.1) is 23.9 Å². The Kier molecular flexibility index (Phi) is 3.24. The van der Waals surface area contributed by atoms with Crippen molar-refractivity contribution in [3.63, 3.8) is 0 Å². The quantitative estimate of drug-likeness (QED) is 0.813. The van der Waals surface area contributed by atoms with Gasteiger partial charge in [-0.15, -0.1) is 0 Å². The van der Waals surface area contributed by atoms with E-state index < -0.39 is 5.82 Å². The summed E-state index contributed by atoms with van der Waals surface area (Å²) in [4.78, 5) is 4.24. The van der Waals surface area contributed by atoms with Crippen molar-refractivity contribution in [1.82, 2.24) is 4.98 Å². The van der Waals surface area contributed by atoms with E-state index in [2.05, 4.69) is 4.98 Å². The predicted molar refractivity (Wildman–Crippen MR) is 65.6 cm³/mol. The standard InChI is InChI=1S/C14H11FN2O/c1-9-6-7-10(8-16)14(17-9)13-11(15)4-3-5-12(13)18-2/h3-7H,1-2H3. The van der Waals surface area contributed by atoms with Crippen LogP contribution in [0.2, 0.25) is 0 Å². The summed E-state index contributed by atoms with van der Waals surface area (Å²) >= 11 is 0. The van der Waals surface area contributed by atoms with Gasteiger partial charge in [-0.1, -0.05) is 6.07 Å². The molecular weight excluding hydrogens is 231 g/mol. The molecule has 0 atom stereocenters. The Morgan fingerprint density at radius 2 is 2.06 bits per heavy atom. The number of benzene rings is 1. The topological polar surface area (TPSA) is 45.9 Å². The summed E-state index contributed by atoms with van der Waals surface area (Å²) in [5.74, 6) is -0.0893. The number of rotatable bonds is 2. The van der Waals surface area contributed by atoms with Crippen molar-refractivity contribution >= 4 is 0 Å². The van der Waals surface area contributed by atoms with Gasteiger partial charge in [-0.05, 0) is 31.2 Å². The second kappa shape index (κ2) is 4.84. The molecule has 0 aliphatic rings. The first-order chi connectivity index (χ1) is 8.67. The van der Waals surface area contributed by atoms with Crippen LogP contribution in [-0.4, -0.2) is 12.1 Å². The first-order valence-corrected chi connectivity index (χ1v) is 5.38. The summed E-state index contributed by atoms with van der Waals surface area (Å²) < 4.78 is 19.1. The number of nitrogens with zero attached hydrogens (tertiary/aromatic N) is 2. The van der Waals surface area contributed by atoms with E-state index in [1.807, 2.05) is 6.07 Å². The molecule has 0 aliphatic heterocycles. The minimum atomic E-state index is -0.455. The number of aryl methyl sites for hydroxylation is 1. The normalized spacial score (nSPS) is 9.89.